The van der Waals surface area contributed by atoms with E-state index in [1.165, 1.54) is 19.4 Å². The molecule has 0 bridgehead atoms. The van der Waals surface area contributed by atoms with Gasteiger partial charge in [0.15, 0.2) is 5.96 Å². The molecule has 1 atom stereocenters. The molecule has 0 amide bonds. The average molecular weight is 526 g/mol. The van der Waals surface area contributed by atoms with E-state index in [2.05, 4.69) is 25.6 Å². The number of halogens is 4. The summed E-state index contributed by atoms with van der Waals surface area (Å²) >= 11 is 0. The van der Waals surface area contributed by atoms with E-state index in [4.69, 9.17) is 0 Å². The second-order valence-corrected chi connectivity index (χ2v) is 6.23. The zero-order chi connectivity index (χ0) is 20.6. The van der Waals surface area contributed by atoms with Gasteiger partial charge in [-0.15, -0.1) is 24.0 Å². The predicted molar refractivity (Wildman–Crippen MR) is 115 cm³/mol. The van der Waals surface area contributed by atoms with Crippen LogP contribution in [-0.4, -0.2) is 51.4 Å². The second-order valence-electron chi connectivity index (χ2n) is 6.23. The third-order valence-corrected chi connectivity index (χ3v) is 4.15. The molecule has 0 spiro atoms. The summed E-state index contributed by atoms with van der Waals surface area (Å²) in [4.78, 5) is 12.0. The first kappa shape index (κ1) is 25.1. The van der Waals surface area contributed by atoms with Crippen molar-refractivity contribution in [2.45, 2.75) is 31.5 Å². The van der Waals surface area contributed by atoms with Crippen molar-refractivity contribution in [3.05, 3.63) is 48.3 Å². The first-order valence-corrected chi connectivity index (χ1v) is 8.97. The Morgan fingerprint density at radius 2 is 1.97 bits per heavy atom. The molecule has 2 aromatic heterocycles. The standard InChI is InChI=1S/C18H25F3N6O.HI/c1-3-22-16(25-10-7-14-6-4-5-9-23-14)26-11-8-17(28,18(19,20)21)15-24-12-13-27(15)2;/h4-6,9,12-13,28H,3,7-8,10-11H2,1-2H3,(H2,22,25,26);1H. The summed E-state index contributed by atoms with van der Waals surface area (Å²) in [7, 11) is 1.41. The van der Waals surface area contributed by atoms with E-state index in [1.54, 1.807) is 6.20 Å². The minimum atomic E-state index is -4.87. The molecule has 29 heavy (non-hydrogen) atoms. The fourth-order valence-electron chi connectivity index (χ4n) is 2.67. The van der Waals surface area contributed by atoms with Gasteiger partial charge in [-0.05, 0) is 19.1 Å². The molecular formula is C18H26F3IN6O. The van der Waals surface area contributed by atoms with Crippen LogP contribution in [0.15, 0.2) is 41.8 Å². The number of pyridine rings is 1. The van der Waals surface area contributed by atoms with E-state index >= 15 is 0 Å². The van der Waals surface area contributed by atoms with Gasteiger partial charge in [0.05, 0.1) is 0 Å². The summed E-state index contributed by atoms with van der Waals surface area (Å²) in [6.45, 7) is 2.70. The first-order valence-electron chi connectivity index (χ1n) is 8.97. The topological polar surface area (TPSA) is 87.4 Å². The Bertz CT molecular complexity index is 768. The maximum Gasteiger partial charge on any atom is 0.424 e. The van der Waals surface area contributed by atoms with Crippen molar-refractivity contribution >= 4 is 29.9 Å². The Kier molecular flexibility index (Phi) is 9.83. The monoisotopic (exact) mass is 526 g/mol. The predicted octanol–water partition coefficient (Wildman–Crippen LogP) is 2.37. The summed E-state index contributed by atoms with van der Waals surface area (Å²) in [5.74, 6) is -0.0777. The average Bonchev–Trinajstić information content (AvgIpc) is 3.08. The number of aliphatic imine (C=N–C) groups is 1. The van der Waals surface area contributed by atoms with E-state index in [0.717, 1.165) is 10.3 Å². The highest BCUT2D eigenvalue weighted by Crippen LogP contribution is 2.40. The lowest BCUT2D eigenvalue weighted by Crippen LogP contribution is -2.45. The molecule has 2 rings (SSSR count). The number of rotatable bonds is 8. The fraction of sp³-hybridized carbons (Fsp3) is 0.500. The zero-order valence-electron chi connectivity index (χ0n) is 16.3. The maximum atomic E-state index is 13.5. The quantitative estimate of drug-likeness (QED) is 0.280. The molecule has 1 unspecified atom stereocenters. The van der Waals surface area contributed by atoms with Gasteiger partial charge < -0.3 is 20.3 Å². The molecule has 0 radical (unpaired) electrons. The van der Waals surface area contributed by atoms with E-state index in [1.807, 2.05) is 25.1 Å². The van der Waals surface area contributed by atoms with Crippen LogP contribution in [0, 0.1) is 0 Å². The largest absolute Gasteiger partial charge is 0.424 e. The lowest BCUT2D eigenvalue weighted by atomic mass is 9.98. The summed E-state index contributed by atoms with van der Waals surface area (Å²) < 4.78 is 41.7. The molecule has 2 aromatic rings. The van der Waals surface area contributed by atoms with Crippen LogP contribution in [0.4, 0.5) is 13.2 Å². The highest BCUT2D eigenvalue weighted by atomic mass is 127. The van der Waals surface area contributed by atoms with Gasteiger partial charge in [-0.2, -0.15) is 13.2 Å². The Morgan fingerprint density at radius 3 is 2.52 bits per heavy atom. The van der Waals surface area contributed by atoms with Crippen molar-refractivity contribution in [2.24, 2.45) is 12.0 Å². The highest BCUT2D eigenvalue weighted by Gasteiger charge is 2.57. The molecule has 0 aromatic carbocycles. The Balaban J connectivity index is 0.00000420. The number of aliphatic hydroxyl groups is 1. The van der Waals surface area contributed by atoms with Gasteiger partial charge >= 0.3 is 6.18 Å². The molecule has 162 valence electrons. The SMILES string of the molecule is CCNC(=NCCC(O)(c1nccn1C)C(F)(F)F)NCCc1ccccn1.I. The molecule has 0 fully saturated rings. The zero-order valence-corrected chi connectivity index (χ0v) is 18.6. The molecule has 2 heterocycles. The normalized spacial score (nSPS) is 14.1. The third-order valence-electron chi connectivity index (χ3n) is 4.15. The van der Waals surface area contributed by atoms with Gasteiger partial charge in [-0.3, -0.25) is 9.98 Å². The summed E-state index contributed by atoms with van der Waals surface area (Å²) in [6.07, 6.45) is -0.586. The van der Waals surface area contributed by atoms with Crippen LogP contribution in [-0.2, 0) is 19.1 Å². The van der Waals surface area contributed by atoms with Crippen LogP contribution in [0.25, 0.3) is 0 Å². The second kappa shape index (κ2) is 11.3. The van der Waals surface area contributed by atoms with Crippen molar-refractivity contribution in [1.82, 2.24) is 25.2 Å². The number of hydrogen-bond acceptors (Lipinski definition) is 4. The number of hydrogen-bond donors (Lipinski definition) is 3. The van der Waals surface area contributed by atoms with Crippen molar-refractivity contribution in [3.63, 3.8) is 0 Å². The lowest BCUT2D eigenvalue weighted by Gasteiger charge is -2.29. The fourth-order valence-corrected chi connectivity index (χ4v) is 2.67. The summed E-state index contributed by atoms with van der Waals surface area (Å²) in [5, 5.41) is 16.4. The van der Waals surface area contributed by atoms with Crippen molar-refractivity contribution in [2.75, 3.05) is 19.6 Å². The number of aromatic nitrogens is 3. The van der Waals surface area contributed by atoms with Crippen molar-refractivity contribution < 1.29 is 18.3 Å². The molecule has 0 saturated heterocycles. The van der Waals surface area contributed by atoms with Crippen LogP contribution >= 0.6 is 24.0 Å². The first-order chi connectivity index (χ1) is 13.3. The molecule has 0 aliphatic carbocycles. The number of aryl methyl sites for hydroxylation is 1. The Hall–Kier alpha value is -1.89. The number of imidazole rings is 1. The van der Waals surface area contributed by atoms with Crippen LogP contribution in [0.1, 0.15) is 24.9 Å². The van der Waals surface area contributed by atoms with Crippen LogP contribution in [0.5, 0.6) is 0 Å². The van der Waals surface area contributed by atoms with Gasteiger partial charge in [0.25, 0.3) is 0 Å². The minimum absolute atomic E-state index is 0. The molecule has 0 aliphatic rings. The van der Waals surface area contributed by atoms with Gasteiger partial charge in [-0.1, -0.05) is 6.07 Å². The maximum absolute atomic E-state index is 13.5. The Labute approximate surface area is 184 Å². The summed E-state index contributed by atoms with van der Waals surface area (Å²) in [6, 6.07) is 5.60. The van der Waals surface area contributed by atoms with Crippen LogP contribution < -0.4 is 10.6 Å². The van der Waals surface area contributed by atoms with Crippen LogP contribution in [0.3, 0.4) is 0 Å². The van der Waals surface area contributed by atoms with E-state index in [9.17, 15) is 18.3 Å². The highest BCUT2D eigenvalue weighted by molar-refractivity contribution is 14.0. The van der Waals surface area contributed by atoms with E-state index < -0.39 is 24.0 Å². The number of guanidine groups is 1. The van der Waals surface area contributed by atoms with Gasteiger partial charge in [0, 0.05) is 63.8 Å². The lowest BCUT2D eigenvalue weighted by molar-refractivity contribution is -0.272. The molecule has 11 heteroatoms. The number of nitrogens with zero attached hydrogens (tertiary/aromatic N) is 4. The summed E-state index contributed by atoms with van der Waals surface area (Å²) in [5.41, 5.74) is -2.17. The molecule has 0 saturated carbocycles. The van der Waals surface area contributed by atoms with Gasteiger partial charge in [0.2, 0.25) is 5.60 Å². The van der Waals surface area contributed by atoms with Crippen LogP contribution in [0.2, 0.25) is 0 Å². The number of alkyl halides is 3. The minimum Gasteiger partial charge on any atom is -0.374 e. The van der Waals surface area contributed by atoms with Crippen molar-refractivity contribution in [3.8, 4) is 0 Å². The van der Waals surface area contributed by atoms with Gasteiger partial charge in [0.1, 0.15) is 5.82 Å². The molecular weight excluding hydrogens is 500 g/mol. The van der Waals surface area contributed by atoms with E-state index in [0.29, 0.717) is 25.5 Å². The van der Waals surface area contributed by atoms with Crippen molar-refractivity contribution in [1.29, 1.82) is 0 Å². The van der Waals surface area contributed by atoms with Gasteiger partial charge in [-0.25, -0.2) is 4.98 Å². The number of nitrogens with one attached hydrogen (secondary N) is 2. The Morgan fingerprint density at radius 1 is 1.21 bits per heavy atom. The molecule has 0 aliphatic heterocycles. The molecule has 7 nitrogen and oxygen atoms in total. The third kappa shape index (κ3) is 6.84. The smallest absolute Gasteiger partial charge is 0.374 e. The van der Waals surface area contributed by atoms with E-state index in [-0.39, 0.29) is 30.5 Å². The molecule has 3 N–H and O–H groups in total.